The highest BCUT2D eigenvalue weighted by atomic mass is 19.3. The maximum atomic E-state index is 13.8. The molecule has 1 aromatic carbocycles. The van der Waals surface area contributed by atoms with E-state index in [1.807, 2.05) is 0 Å². The highest BCUT2D eigenvalue weighted by Gasteiger charge is 2.17. The zero-order valence-corrected chi connectivity index (χ0v) is 12.8. The van der Waals surface area contributed by atoms with Gasteiger partial charge in [-0.25, -0.2) is 4.39 Å². The van der Waals surface area contributed by atoms with Crippen molar-refractivity contribution in [3.8, 4) is 5.75 Å². The van der Waals surface area contributed by atoms with Crippen LogP contribution in [0.3, 0.4) is 0 Å². The Morgan fingerprint density at radius 3 is 2.91 bits per heavy atom. The van der Waals surface area contributed by atoms with Gasteiger partial charge in [-0.1, -0.05) is 6.07 Å². The lowest BCUT2D eigenvalue weighted by Crippen LogP contribution is -2.40. The molecule has 1 heterocycles. The maximum Gasteiger partial charge on any atom is 0.387 e. The summed E-state index contributed by atoms with van der Waals surface area (Å²) in [6.45, 7) is -1.70. The first kappa shape index (κ1) is 17.4. The lowest BCUT2D eigenvalue weighted by molar-refractivity contribution is -0.0506. The molecule has 0 aliphatic carbocycles. The van der Waals surface area contributed by atoms with Crippen molar-refractivity contribution in [3.05, 3.63) is 29.6 Å². The molecule has 1 saturated heterocycles. The fraction of sp³-hybridized carbons (Fsp3) is 0.533. The van der Waals surface area contributed by atoms with Crippen LogP contribution in [0.1, 0.15) is 18.4 Å². The predicted molar refractivity (Wildman–Crippen MR) is 80.2 cm³/mol. The summed E-state index contributed by atoms with van der Waals surface area (Å²) in [4.78, 5) is 4.01. The molecule has 2 N–H and O–H groups in total. The monoisotopic (exact) mass is 331 g/mol. The number of rotatable bonds is 6. The first-order chi connectivity index (χ1) is 11.1. The summed E-state index contributed by atoms with van der Waals surface area (Å²) >= 11 is 0. The second kappa shape index (κ2) is 8.61. The van der Waals surface area contributed by atoms with Crippen molar-refractivity contribution in [2.24, 2.45) is 4.99 Å². The van der Waals surface area contributed by atoms with E-state index in [4.69, 9.17) is 4.74 Å². The number of nitrogens with one attached hydrogen (secondary N) is 2. The first-order valence-corrected chi connectivity index (χ1v) is 7.38. The fourth-order valence-corrected chi connectivity index (χ4v) is 2.33. The van der Waals surface area contributed by atoms with Crippen molar-refractivity contribution in [3.63, 3.8) is 0 Å². The van der Waals surface area contributed by atoms with Gasteiger partial charge in [0.15, 0.2) is 5.96 Å². The van der Waals surface area contributed by atoms with Crippen LogP contribution in [0.4, 0.5) is 13.2 Å². The lowest BCUT2D eigenvalue weighted by Gasteiger charge is -2.16. The van der Waals surface area contributed by atoms with Crippen molar-refractivity contribution in [2.45, 2.75) is 32.1 Å². The molecule has 1 aliphatic rings. The van der Waals surface area contributed by atoms with Gasteiger partial charge in [0.05, 0.1) is 6.10 Å². The van der Waals surface area contributed by atoms with Crippen molar-refractivity contribution in [1.29, 1.82) is 0 Å². The van der Waals surface area contributed by atoms with E-state index in [9.17, 15) is 13.2 Å². The Labute approximate surface area is 132 Å². The van der Waals surface area contributed by atoms with Crippen LogP contribution < -0.4 is 15.4 Å². The summed E-state index contributed by atoms with van der Waals surface area (Å²) in [5.41, 5.74) is 0.0212. The minimum absolute atomic E-state index is 0.0212. The quantitative estimate of drug-likeness (QED) is 0.620. The summed E-state index contributed by atoms with van der Waals surface area (Å²) in [5.74, 6) is -0.376. The Kier molecular flexibility index (Phi) is 6.52. The molecule has 8 heteroatoms. The van der Waals surface area contributed by atoms with Crippen LogP contribution in [-0.4, -0.2) is 38.9 Å². The number of guanidine groups is 1. The molecule has 2 rings (SSSR count). The number of alkyl halides is 2. The molecule has 0 saturated carbocycles. The van der Waals surface area contributed by atoms with Crippen LogP contribution in [0.15, 0.2) is 23.2 Å². The lowest BCUT2D eigenvalue weighted by atomic mass is 10.2. The van der Waals surface area contributed by atoms with Crippen LogP contribution in [0.5, 0.6) is 5.75 Å². The van der Waals surface area contributed by atoms with Gasteiger partial charge in [-0.05, 0) is 25.0 Å². The smallest absolute Gasteiger partial charge is 0.387 e. The number of halogens is 3. The molecule has 1 atom stereocenters. The number of hydrogen-bond donors (Lipinski definition) is 2. The Hall–Kier alpha value is -1.96. The largest absolute Gasteiger partial charge is 0.434 e. The van der Waals surface area contributed by atoms with Crippen molar-refractivity contribution >= 4 is 5.96 Å². The van der Waals surface area contributed by atoms with Gasteiger partial charge in [0.2, 0.25) is 0 Å². The number of hydrogen-bond acceptors (Lipinski definition) is 3. The van der Waals surface area contributed by atoms with E-state index in [-0.39, 0.29) is 24.0 Å². The van der Waals surface area contributed by atoms with E-state index in [1.54, 1.807) is 7.05 Å². The molecular weight excluding hydrogens is 311 g/mol. The number of nitrogens with zero attached hydrogens (tertiary/aromatic N) is 1. The SMILES string of the molecule is CN=C(NCc1c(F)cccc1OC(F)F)NCC1CCCO1. The molecule has 5 nitrogen and oxygen atoms in total. The normalized spacial score (nSPS) is 18.3. The molecule has 0 aromatic heterocycles. The standard InChI is InChI=1S/C15H20F3N3O2/c1-19-15(20-8-10-4-3-7-22-10)21-9-11-12(16)5-2-6-13(11)23-14(17)18/h2,5-6,10,14H,3-4,7-9H2,1H3,(H2,19,20,21). The van der Waals surface area contributed by atoms with E-state index in [0.29, 0.717) is 12.5 Å². The third-order valence-corrected chi connectivity index (χ3v) is 3.47. The molecular formula is C15H20F3N3O2. The van der Waals surface area contributed by atoms with Crippen molar-refractivity contribution in [1.82, 2.24) is 10.6 Å². The maximum absolute atomic E-state index is 13.8. The van der Waals surface area contributed by atoms with E-state index in [2.05, 4.69) is 20.4 Å². The predicted octanol–water partition coefficient (Wildman–Crippen LogP) is 2.27. The average molecular weight is 331 g/mol. The summed E-state index contributed by atoms with van der Waals surface area (Å²) in [6, 6.07) is 3.81. The summed E-state index contributed by atoms with van der Waals surface area (Å²) in [6.07, 6.45) is 2.13. The molecule has 1 aromatic rings. The highest BCUT2D eigenvalue weighted by Crippen LogP contribution is 2.23. The summed E-state index contributed by atoms with van der Waals surface area (Å²) in [5, 5.41) is 5.95. The first-order valence-electron chi connectivity index (χ1n) is 7.38. The molecule has 1 unspecified atom stereocenters. The van der Waals surface area contributed by atoms with Gasteiger partial charge in [0.25, 0.3) is 0 Å². The van der Waals surface area contributed by atoms with Gasteiger partial charge in [0, 0.05) is 32.3 Å². The fourth-order valence-electron chi connectivity index (χ4n) is 2.33. The van der Waals surface area contributed by atoms with Crippen molar-refractivity contribution in [2.75, 3.05) is 20.2 Å². The Bertz CT molecular complexity index is 535. The topological polar surface area (TPSA) is 54.9 Å². The molecule has 0 bridgehead atoms. The van der Waals surface area contributed by atoms with Gasteiger partial charge >= 0.3 is 6.61 Å². The van der Waals surface area contributed by atoms with E-state index in [1.165, 1.54) is 18.2 Å². The van der Waals surface area contributed by atoms with Crippen molar-refractivity contribution < 1.29 is 22.6 Å². The zero-order chi connectivity index (χ0) is 16.7. The molecule has 0 amide bonds. The van der Waals surface area contributed by atoms with E-state index < -0.39 is 12.4 Å². The van der Waals surface area contributed by atoms with Crippen LogP contribution in [0.2, 0.25) is 0 Å². The minimum Gasteiger partial charge on any atom is -0.434 e. The zero-order valence-electron chi connectivity index (χ0n) is 12.8. The summed E-state index contributed by atoms with van der Waals surface area (Å²) < 4.78 is 48.4. The third-order valence-electron chi connectivity index (χ3n) is 3.47. The molecule has 23 heavy (non-hydrogen) atoms. The molecule has 0 spiro atoms. The van der Waals surface area contributed by atoms with E-state index >= 15 is 0 Å². The molecule has 128 valence electrons. The Balaban J connectivity index is 1.92. The second-order valence-electron chi connectivity index (χ2n) is 5.04. The van der Waals surface area contributed by atoms with Gasteiger partial charge < -0.3 is 20.1 Å². The molecule has 1 fully saturated rings. The molecule has 1 aliphatic heterocycles. The average Bonchev–Trinajstić information content (AvgIpc) is 3.02. The second-order valence-corrected chi connectivity index (χ2v) is 5.04. The van der Waals surface area contributed by atoms with E-state index in [0.717, 1.165) is 19.4 Å². The Morgan fingerprint density at radius 1 is 1.43 bits per heavy atom. The van der Waals surface area contributed by atoms with Crippen LogP contribution >= 0.6 is 0 Å². The van der Waals surface area contributed by atoms with Gasteiger partial charge in [-0.3, -0.25) is 4.99 Å². The van der Waals surface area contributed by atoms with Crippen LogP contribution in [-0.2, 0) is 11.3 Å². The number of aliphatic imine (C=N–C) groups is 1. The number of benzene rings is 1. The Morgan fingerprint density at radius 2 is 2.26 bits per heavy atom. The van der Waals surface area contributed by atoms with Gasteiger partial charge in [0.1, 0.15) is 11.6 Å². The minimum atomic E-state index is -3.01. The van der Waals surface area contributed by atoms with Crippen LogP contribution in [0.25, 0.3) is 0 Å². The highest BCUT2D eigenvalue weighted by molar-refractivity contribution is 5.79. The summed E-state index contributed by atoms with van der Waals surface area (Å²) in [7, 11) is 1.57. The van der Waals surface area contributed by atoms with Crippen LogP contribution in [0, 0.1) is 5.82 Å². The number of ether oxygens (including phenoxy) is 2. The van der Waals surface area contributed by atoms with Gasteiger partial charge in [-0.2, -0.15) is 8.78 Å². The third kappa shape index (κ3) is 5.31. The van der Waals surface area contributed by atoms with Gasteiger partial charge in [-0.15, -0.1) is 0 Å². The molecule has 0 radical (unpaired) electrons.